The minimum absolute atomic E-state index is 0.0964. The van der Waals surface area contributed by atoms with Crippen LogP contribution >= 0.6 is 0 Å². The number of fused-ring (bicyclic) bond motifs is 1. The molecule has 2 fully saturated rings. The fourth-order valence-corrected chi connectivity index (χ4v) is 3.00. The molecule has 0 spiro atoms. The smallest absolute Gasteiger partial charge is 0.323 e. The highest BCUT2D eigenvalue weighted by molar-refractivity contribution is 5.75. The standard InChI is InChI=1S/C12H23N3O2/c1-8(2)15-7-13-9-5-10(12(16)17-4)14(3)6-11(9)15/h8-11,13H,5-7H2,1-4H3. The molecule has 3 unspecified atom stereocenters. The van der Waals surface area contributed by atoms with Crippen molar-refractivity contribution in [2.45, 2.75) is 44.4 Å². The molecule has 3 atom stereocenters. The molecule has 2 aliphatic heterocycles. The summed E-state index contributed by atoms with van der Waals surface area (Å²) in [5.41, 5.74) is 0. The zero-order valence-corrected chi connectivity index (χ0v) is 11.1. The lowest BCUT2D eigenvalue weighted by Gasteiger charge is -2.41. The van der Waals surface area contributed by atoms with E-state index in [0.717, 1.165) is 19.6 Å². The number of methoxy groups -OCH3 is 1. The molecule has 5 heteroatoms. The van der Waals surface area contributed by atoms with Crippen LogP contribution in [0.1, 0.15) is 20.3 Å². The normalized spacial score (nSPS) is 35.0. The van der Waals surface area contributed by atoms with Gasteiger partial charge in [0.1, 0.15) is 6.04 Å². The zero-order valence-electron chi connectivity index (χ0n) is 11.1. The number of nitrogens with one attached hydrogen (secondary N) is 1. The summed E-state index contributed by atoms with van der Waals surface area (Å²) >= 11 is 0. The van der Waals surface area contributed by atoms with Crippen molar-refractivity contribution in [1.29, 1.82) is 0 Å². The van der Waals surface area contributed by atoms with E-state index in [-0.39, 0.29) is 12.0 Å². The highest BCUT2D eigenvalue weighted by Crippen LogP contribution is 2.26. The number of likely N-dealkylation sites (N-methyl/N-ethyl adjacent to an activating group) is 1. The molecular weight excluding hydrogens is 218 g/mol. The monoisotopic (exact) mass is 241 g/mol. The summed E-state index contributed by atoms with van der Waals surface area (Å²) in [5, 5.41) is 3.51. The van der Waals surface area contributed by atoms with Gasteiger partial charge in [-0.05, 0) is 27.3 Å². The van der Waals surface area contributed by atoms with E-state index >= 15 is 0 Å². The number of likely N-dealkylation sites (tertiary alicyclic amines) is 1. The van der Waals surface area contributed by atoms with Crippen LogP contribution in [0.3, 0.4) is 0 Å². The molecule has 0 aromatic carbocycles. The molecule has 2 rings (SSSR count). The maximum Gasteiger partial charge on any atom is 0.323 e. The number of rotatable bonds is 2. The Morgan fingerprint density at radius 3 is 2.76 bits per heavy atom. The molecule has 98 valence electrons. The first-order chi connectivity index (χ1) is 8.04. The van der Waals surface area contributed by atoms with Gasteiger partial charge in [0.25, 0.3) is 0 Å². The average molecular weight is 241 g/mol. The van der Waals surface area contributed by atoms with Gasteiger partial charge >= 0.3 is 5.97 Å². The molecule has 0 amide bonds. The van der Waals surface area contributed by atoms with E-state index in [4.69, 9.17) is 4.74 Å². The molecule has 0 aromatic heterocycles. The minimum atomic E-state index is -0.115. The van der Waals surface area contributed by atoms with Crippen molar-refractivity contribution < 1.29 is 9.53 Å². The van der Waals surface area contributed by atoms with E-state index in [1.165, 1.54) is 7.11 Å². The lowest BCUT2D eigenvalue weighted by molar-refractivity contribution is -0.148. The van der Waals surface area contributed by atoms with E-state index in [1.807, 2.05) is 7.05 Å². The van der Waals surface area contributed by atoms with Gasteiger partial charge in [0.2, 0.25) is 0 Å². The lowest BCUT2D eigenvalue weighted by atomic mass is 9.93. The molecule has 1 N–H and O–H groups in total. The van der Waals surface area contributed by atoms with Crippen LogP contribution in [0.5, 0.6) is 0 Å². The second kappa shape index (κ2) is 4.92. The second-order valence-corrected chi connectivity index (χ2v) is 5.36. The summed E-state index contributed by atoms with van der Waals surface area (Å²) in [6.45, 7) is 6.29. The van der Waals surface area contributed by atoms with Crippen molar-refractivity contribution in [3.05, 3.63) is 0 Å². The number of hydrogen-bond donors (Lipinski definition) is 1. The molecule has 2 saturated heterocycles. The number of esters is 1. The average Bonchev–Trinajstić information content (AvgIpc) is 2.69. The van der Waals surface area contributed by atoms with Crippen LogP contribution in [0.2, 0.25) is 0 Å². The van der Waals surface area contributed by atoms with Gasteiger partial charge in [-0.3, -0.25) is 19.9 Å². The SMILES string of the molecule is COC(=O)C1CC2NCN(C(C)C)C2CN1C. The first-order valence-electron chi connectivity index (χ1n) is 6.31. The highest BCUT2D eigenvalue weighted by atomic mass is 16.5. The van der Waals surface area contributed by atoms with Crippen LogP contribution in [-0.2, 0) is 9.53 Å². The summed E-state index contributed by atoms with van der Waals surface area (Å²) in [4.78, 5) is 16.3. The van der Waals surface area contributed by atoms with Gasteiger partial charge in [0, 0.05) is 31.3 Å². The van der Waals surface area contributed by atoms with E-state index in [1.54, 1.807) is 0 Å². The molecule has 2 aliphatic rings. The Balaban J connectivity index is 2.05. The fourth-order valence-electron chi connectivity index (χ4n) is 3.00. The zero-order chi connectivity index (χ0) is 12.6. The number of carbonyl (C=O) groups excluding carboxylic acids is 1. The molecular formula is C12H23N3O2. The van der Waals surface area contributed by atoms with E-state index in [0.29, 0.717) is 18.1 Å². The van der Waals surface area contributed by atoms with Crippen LogP contribution in [0.15, 0.2) is 0 Å². The van der Waals surface area contributed by atoms with Gasteiger partial charge in [-0.2, -0.15) is 0 Å². The first kappa shape index (κ1) is 12.8. The van der Waals surface area contributed by atoms with Crippen molar-refractivity contribution in [3.8, 4) is 0 Å². The third-order valence-corrected chi connectivity index (χ3v) is 4.05. The Hall–Kier alpha value is -0.650. The van der Waals surface area contributed by atoms with Crippen LogP contribution in [0.4, 0.5) is 0 Å². The van der Waals surface area contributed by atoms with Crippen molar-refractivity contribution >= 4 is 5.97 Å². The number of hydrogen-bond acceptors (Lipinski definition) is 5. The third kappa shape index (κ3) is 2.32. The second-order valence-electron chi connectivity index (χ2n) is 5.36. The van der Waals surface area contributed by atoms with Gasteiger partial charge in [0.15, 0.2) is 0 Å². The van der Waals surface area contributed by atoms with Gasteiger partial charge in [-0.15, -0.1) is 0 Å². The van der Waals surface area contributed by atoms with Gasteiger partial charge in [-0.1, -0.05) is 0 Å². The maximum absolute atomic E-state index is 11.7. The van der Waals surface area contributed by atoms with Gasteiger partial charge in [-0.25, -0.2) is 0 Å². The predicted molar refractivity (Wildman–Crippen MR) is 65.6 cm³/mol. The van der Waals surface area contributed by atoms with Gasteiger partial charge in [0.05, 0.1) is 7.11 Å². The van der Waals surface area contributed by atoms with E-state index in [2.05, 4.69) is 29.0 Å². The summed E-state index contributed by atoms with van der Waals surface area (Å²) in [6, 6.07) is 1.38. The van der Waals surface area contributed by atoms with Crippen molar-refractivity contribution in [1.82, 2.24) is 15.1 Å². The highest BCUT2D eigenvalue weighted by Gasteiger charge is 2.44. The molecule has 0 radical (unpaired) electrons. The Morgan fingerprint density at radius 2 is 2.18 bits per heavy atom. The Bertz CT molecular complexity index is 295. The Labute approximate surface area is 103 Å². The van der Waals surface area contributed by atoms with Crippen molar-refractivity contribution in [3.63, 3.8) is 0 Å². The molecule has 0 saturated carbocycles. The molecule has 5 nitrogen and oxygen atoms in total. The maximum atomic E-state index is 11.7. The number of ether oxygens (including phenoxy) is 1. The van der Waals surface area contributed by atoms with E-state index in [9.17, 15) is 4.79 Å². The summed E-state index contributed by atoms with van der Waals surface area (Å²) in [5.74, 6) is -0.115. The van der Waals surface area contributed by atoms with Crippen molar-refractivity contribution in [2.75, 3.05) is 27.4 Å². The number of carbonyl (C=O) groups is 1. The summed E-state index contributed by atoms with van der Waals surface area (Å²) < 4.78 is 4.86. The molecule has 0 bridgehead atoms. The number of nitrogens with zero attached hydrogens (tertiary/aromatic N) is 2. The van der Waals surface area contributed by atoms with Gasteiger partial charge < -0.3 is 4.74 Å². The van der Waals surface area contributed by atoms with Crippen molar-refractivity contribution in [2.24, 2.45) is 0 Å². The largest absolute Gasteiger partial charge is 0.468 e. The van der Waals surface area contributed by atoms with Crippen LogP contribution in [0.25, 0.3) is 0 Å². The molecule has 17 heavy (non-hydrogen) atoms. The predicted octanol–water partition coefficient (Wildman–Crippen LogP) is -0.128. The summed E-state index contributed by atoms with van der Waals surface area (Å²) in [6.07, 6.45) is 0.844. The minimum Gasteiger partial charge on any atom is -0.468 e. The van der Waals surface area contributed by atoms with Crippen LogP contribution in [0, 0.1) is 0 Å². The third-order valence-electron chi connectivity index (χ3n) is 4.05. The first-order valence-corrected chi connectivity index (χ1v) is 6.31. The van der Waals surface area contributed by atoms with Crippen LogP contribution in [-0.4, -0.2) is 67.3 Å². The molecule has 0 aromatic rings. The lowest BCUT2D eigenvalue weighted by Crippen LogP contribution is -2.57. The fraction of sp³-hybridized carbons (Fsp3) is 0.917. The molecule has 2 heterocycles. The summed E-state index contributed by atoms with van der Waals surface area (Å²) in [7, 11) is 3.47. The van der Waals surface area contributed by atoms with E-state index < -0.39 is 0 Å². The van der Waals surface area contributed by atoms with Crippen LogP contribution < -0.4 is 5.32 Å². The topological polar surface area (TPSA) is 44.8 Å². The Kier molecular flexibility index (Phi) is 3.70. The molecule has 0 aliphatic carbocycles. The number of piperidine rings is 1. The Morgan fingerprint density at radius 1 is 1.47 bits per heavy atom. The quantitative estimate of drug-likeness (QED) is 0.682.